The van der Waals surface area contributed by atoms with Gasteiger partial charge in [-0.3, -0.25) is 4.79 Å². The summed E-state index contributed by atoms with van der Waals surface area (Å²) in [7, 11) is 0. The third kappa shape index (κ3) is 4.68. The lowest BCUT2D eigenvalue weighted by atomic mass is 10.2. The second kappa shape index (κ2) is 7.07. The average molecular weight is 279 g/mol. The van der Waals surface area contributed by atoms with Crippen LogP contribution in [-0.4, -0.2) is 35.0 Å². The molecule has 6 nitrogen and oxygen atoms in total. The van der Waals surface area contributed by atoms with Gasteiger partial charge in [-0.05, 0) is 20.8 Å². The van der Waals surface area contributed by atoms with Crippen LogP contribution in [0, 0.1) is 0 Å². The van der Waals surface area contributed by atoms with Crippen LogP contribution in [-0.2, 0) is 4.79 Å². The average Bonchev–Trinajstić information content (AvgIpc) is 2.34. The van der Waals surface area contributed by atoms with Gasteiger partial charge in [0.15, 0.2) is 0 Å². The van der Waals surface area contributed by atoms with Gasteiger partial charge in [-0.25, -0.2) is 9.97 Å². The van der Waals surface area contributed by atoms with Crippen molar-refractivity contribution in [3.63, 3.8) is 0 Å². The van der Waals surface area contributed by atoms with Crippen LogP contribution in [0.3, 0.4) is 0 Å². The van der Waals surface area contributed by atoms with Crippen molar-refractivity contribution in [2.45, 2.75) is 46.6 Å². The number of carbonyl (C=O) groups excluding carboxylic acids is 1. The van der Waals surface area contributed by atoms with Gasteiger partial charge in [0.1, 0.15) is 17.5 Å². The Bertz CT molecular complexity index is 459. The predicted molar refractivity (Wildman–Crippen MR) is 81.7 cm³/mol. The fourth-order valence-corrected chi connectivity index (χ4v) is 1.79. The number of aromatic nitrogens is 2. The number of nitrogens with one attached hydrogen (secondary N) is 1. The molecule has 0 aliphatic rings. The molecule has 1 aromatic rings. The van der Waals surface area contributed by atoms with Crippen LogP contribution < -0.4 is 16.0 Å². The third-order valence-electron chi connectivity index (χ3n) is 2.76. The Kier molecular flexibility index (Phi) is 5.73. The molecule has 20 heavy (non-hydrogen) atoms. The predicted octanol–water partition coefficient (Wildman–Crippen LogP) is 1.53. The lowest BCUT2D eigenvalue weighted by Crippen LogP contribution is -2.40. The molecular weight excluding hydrogens is 254 g/mol. The molecule has 0 fully saturated rings. The molecule has 6 heteroatoms. The summed E-state index contributed by atoms with van der Waals surface area (Å²) >= 11 is 0. The number of nitrogen functional groups attached to an aromatic ring is 1. The Labute approximate surface area is 120 Å². The second-order valence-corrected chi connectivity index (χ2v) is 5.40. The van der Waals surface area contributed by atoms with Crippen LogP contribution in [0.2, 0.25) is 0 Å². The Morgan fingerprint density at radius 3 is 2.50 bits per heavy atom. The maximum atomic E-state index is 11.9. The smallest absolute Gasteiger partial charge is 0.239 e. The van der Waals surface area contributed by atoms with Gasteiger partial charge in [0.25, 0.3) is 0 Å². The first-order valence-corrected chi connectivity index (χ1v) is 7.02. The summed E-state index contributed by atoms with van der Waals surface area (Å²) in [6.07, 6.45) is 0. The van der Waals surface area contributed by atoms with Crippen LogP contribution in [0.4, 0.5) is 11.6 Å². The largest absolute Gasteiger partial charge is 0.384 e. The van der Waals surface area contributed by atoms with E-state index in [0.29, 0.717) is 24.0 Å². The molecule has 1 aromatic heterocycles. The maximum Gasteiger partial charge on any atom is 0.239 e. The van der Waals surface area contributed by atoms with Crippen molar-refractivity contribution in [2.75, 3.05) is 23.7 Å². The molecule has 1 rings (SSSR count). The molecule has 112 valence electrons. The summed E-state index contributed by atoms with van der Waals surface area (Å²) in [5, 5.41) is 2.87. The highest BCUT2D eigenvalue weighted by atomic mass is 16.2. The van der Waals surface area contributed by atoms with Crippen molar-refractivity contribution in [1.29, 1.82) is 0 Å². The van der Waals surface area contributed by atoms with Crippen LogP contribution in [0.1, 0.15) is 46.4 Å². The minimum atomic E-state index is -0.0230. The summed E-state index contributed by atoms with van der Waals surface area (Å²) in [6.45, 7) is 10.8. The summed E-state index contributed by atoms with van der Waals surface area (Å²) in [5.74, 6) is 2.00. The number of anilines is 2. The van der Waals surface area contributed by atoms with Crippen LogP contribution in [0.25, 0.3) is 0 Å². The highest BCUT2D eigenvalue weighted by molar-refractivity contribution is 5.81. The fourth-order valence-electron chi connectivity index (χ4n) is 1.79. The molecule has 0 bridgehead atoms. The van der Waals surface area contributed by atoms with Gasteiger partial charge in [0, 0.05) is 24.6 Å². The van der Waals surface area contributed by atoms with E-state index in [-0.39, 0.29) is 24.4 Å². The van der Waals surface area contributed by atoms with Gasteiger partial charge in [-0.1, -0.05) is 13.8 Å². The molecule has 1 amide bonds. The highest BCUT2D eigenvalue weighted by Crippen LogP contribution is 2.18. The van der Waals surface area contributed by atoms with E-state index in [1.807, 2.05) is 39.5 Å². The fraction of sp³-hybridized carbons (Fsp3) is 0.643. The monoisotopic (exact) mass is 279 g/mol. The summed E-state index contributed by atoms with van der Waals surface area (Å²) < 4.78 is 0. The number of hydrogen-bond donors (Lipinski definition) is 2. The minimum Gasteiger partial charge on any atom is -0.384 e. The lowest BCUT2D eigenvalue weighted by Gasteiger charge is -2.23. The van der Waals surface area contributed by atoms with Gasteiger partial charge in [-0.2, -0.15) is 0 Å². The molecule has 0 aliphatic carbocycles. The van der Waals surface area contributed by atoms with E-state index in [4.69, 9.17) is 5.73 Å². The van der Waals surface area contributed by atoms with Crippen LogP contribution >= 0.6 is 0 Å². The molecule has 0 aliphatic heterocycles. The van der Waals surface area contributed by atoms with Gasteiger partial charge < -0.3 is 16.0 Å². The molecule has 0 radical (unpaired) electrons. The van der Waals surface area contributed by atoms with Crippen molar-refractivity contribution >= 4 is 17.5 Å². The van der Waals surface area contributed by atoms with E-state index in [2.05, 4.69) is 15.3 Å². The van der Waals surface area contributed by atoms with E-state index >= 15 is 0 Å². The normalized spacial score (nSPS) is 10.9. The lowest BCUT2D eigenvalue weighted by molar-refractivity contribution is -0.120. The zero-order valence-corrected chi connectivity index (χ0v) is 13.0. The number of amides is 1. The van der Waals surface area contributed by atoms with Crippen LogP contribution in [0.5, 0.6) is 0 Å². The molecule has 0 saturated heterocycles. The minimum absolute atomic E-state index is 0.0230. The van der Waals surface area contributed by atoms with Gasteiger partial charge in [-0.15, -0.1) is 0 Å². The van der Waals surface area contributed by atoms with E-state index in [9.17, 15) is 4.79 Å². The molecule has 0 saturated carbocycles. The van der Waals surface area contributed by atoms with Gasteiger partial charge in [0.05, 0.1) is 6.54 Å². The standard InChI is InChI=1S/C14H25N5O/c1-6-19(8-13(20)16-10(4)5)12-7-11(15)17-14(18-12)9(2)3/h7,9-10H,6,8H2,1-5H3,(H,16,20)(H2,15,17,18). The molecule has 0 aromatic carbocycles. The van der Waals surface area contributed by atoms with Crippen molar-refractivity contribution in [2.24, 2.45) is 0 Å². The molecule has 1 heterocycles. The first-order valence-electron chi connectivity index (χ1n) is 7.02. The van der Waals surface area contributed by atoms with Crippen molar-refractivity contribution in [1.82, 2.24) is 15.3 Å². The summed E-state index contributed by atoms with van der Waals surface area (Å²) in [5.41, 5.74) is 5.82. The first kappa shape index (κ1) is 16.2. The van der Waals surface area contributed by atoms with Crippen molar-refractivity contribution < 1.29 is 4.79 Å². The maximum absolute atomic E-state index is 11.9. The van der Waals surface area contributed by atoms with E-state index in [1.54, 1.807) is 6.07 Å². The topological polar surface area (TPSA) is 84.1 Å². The molecular formula is C14H25N5O. The SMILES string of the molecule is CCN(CC(=O)NC(C)C)c1cc(N)nc(C(C)C)n1. The zero-order chi connectivity index (χ0) is 15.3. The van der Waals surface area contributed by atoms with Gasteiger partial charge >= 0.3 is 0 Å². The number of nitrogens with two attached hydrogens (primary N) is 1. The number of nitrogens with zero attached hydrogens (tertiary/aromatic N) is 3. The summed E-state index contributed by atoms with van der Waals surface area (Å²) in [6, 6.07) is 1.83. The zero-order valence-electron chi connectivity index (χ0n) is 13.0. The van der Waals surface area contributed by atoms with Crippen molar-refractivity contribution in [3.8, 4) is 0 Å². The third-order valence-corrected chi connectivity index (χ3v) is 2.76. The Morgan fingerprint density at radius 1 is 1.35 bits per heavy atom. The second-order valence-electron chi connectivity index (χ2n) is 5.40. The molecule has 0 atom stereocenters. The van der Waals surface area contributed by atoms with Crippen LogP contribution in [0.15, 0.2) is 6.07 Å². The quantitative estimate of drug-likeness (QED) is 0.825. The van der Waals surface area contributed by atoms with E-state index in [0.717, 1.165) is 0 Å². The first-order chi connectivity index (χ1) is 9.33. The van der Waals surface area contributed by atoms with E-state index in [1.165, 1.54) is 0 Å². The van der Waals surface area contributed by atoms with E-state index < -0.39 is 0 Å². The number of rotatable bonds is 6. The molecule has 3 N–H and O–H groups in total. The number of hydrogen-bond acceptors (Lipinski definition) is 5. The molecule has 0 unspecified atom stereocenters. The van der Waals surface area contributed by atoms with Crippen molar-refractivity contribution in [3.05, 3.63) is 11.9 Å². The Morgan fingerprint density at radius 2 is 2.00 bits per heavy atom. The highest BCUT2D eigenvalue weighted by Gasteiger charge is 2.14. The Balaban J connectivity index is 2.92. The Hall–Kier alpha value is -1.85. The number of carbonyl (C=O) groups is 1. The number of likely N-dealkylation sites (N-methyl/N-ethyl adjacent to an activating group) is 1. The van der Waals surface area contributed by atoms with Gasteiger partial charge in [0.2, 0.25) is 5.91 Å². The molecule has 0 spiro atoms. The summed E-state index contributed by atoms with van der Waals surface area (Å²) in [4.78, 5) is 22.5.